The highest BCUT2D eigenvalue weighted by molar-refractivity contribution is 5.89. The molecule has 3 N–H and O–H groups in total. The van der Waals surface area contributed by atoms with Gasteiger partial charge in [0.2, 0.25) is 0 Å². The molecule has 1 unspecified atom stereocenters. The fraction of sp³-hybridized carbons (Fsp3) is 0.381. The number of nitrogens with zero attached hydrogens (tertiary/aromatic N) is 4. The number of benzene rings is 1. The van der Waals surface area contributed by atoms with Gasteiger partial charge in [0.05, 0.1) is 12.1 Å². The van der Waals surface area contributed by atoms with Crippen LogP contribution in [0.4, 0.5) is 17.2 Å². The number of hydrogen-bond acceptors (Lipinski definition) is 7. The molecule has 3 heterocycles. The molecule has 1 spiro atoms. The molecule has 1 saturated heterocycles. The van der Waals surface area contributed by atoms with Gasteiger partial charge in [0.1, 0.15) is 22.5 Å². The SMILES string of the molecule is Cc1nc(Nc2ccc(N3CCC4(CC3)CC4C(=O)O)cc2)c2c(=O)[nH]ncc2n1. The van der Waals surface area contributed by atoms with E-state index in [4.69, 9.17) is 0 Å². The van der Waals surface area contributed by atoms with Gasteiger partial charge in [-0.25, -0.2) is 15.1 Å². The van der Waals surface area contributed by atoms with Crippen LogP contribution < -0.4 is 15.8 Å². The number of aromatic amines is 1. The van der Waals surface area contributed by atoms with Crippen molar-refractivity contribution in [3.63, 3.8) is 0 Å². The van der Waals surface area contributed by atoms with Crippen LogP contribution in [0, 0.1) is 18.3 Å². The van der Waals surface area contributed by atoms with Crippen LogP contribution >= 0.6 is 0 Å². The average molecular weight is 406 g/mol. The number of carbonyl (C=O) groups is 1. The number of piperidine rings is 1. The van der Waals surface area contributed by atoms with Crippen LogP contribution in [0.25, 0.3) is 10.9 Å². The van der Waals surface area contributed by atoms with Crippen molar-refractivity contribution in [2.45, 2.75) is 26.2 Å². The van der Waals surface area contributed by atoms with Crippen LogP contribution in [-0.4, -0.2) is 44.3 Å². The Bertz CT molecular complexity index is 1180. The molecule has 2 aromatic heterocycles. The largest absolute Gasteiger partial charge is 0.481 e. The van der Waals surface area contributed by atoms with Crippen LogP contribution in [0.3, 0.4) is 0 Å². The van der Waals surface area contributed by atoms with Crippen LogP contribution in [0.15, 0.2) is 35.3 Å². The van der Waals surface area contributed by atoms with E-state index in [-0.39, 0.29) is 16.9 Å². The lowest BCUT2D eigenvalue weighted by atomic mass is 9.90. The fourth-order valence-corrected chi connectivity index (χ4v) is 4.56. The minimum Gasteiger partial charge on any atom is -0.481 e. The number of fused-ring (bicyclic) bond motifs is 1. The summed E-state index contributed by atoms with van der Waals surface area (Å²) in [6.45, 7) is 3.51. The molecule has 1 aliphatic heterocycles. The molecule has 9 nitrogen and oxygen atoms in total. The van der Waals surface area contributed by atoms with E-state index in [2.05, 4.69) is 30.4 Å². The number of nitrogens with one attached hydrogen (secondary N) is 2. The van der Waals surface area contributed by atoms with Crippen molar-refractivity contribution in [1.29, 1.82) is 0 Å². The van der Waals surface area contributed by atoms with Crippen molar-refractivity contribution in [3.8, 4) is 0 Å². The van der Waals surface area contributed by atoms with E-state index in [0.29, 0.717) is 22.5 Å². The lowest BCUT2D eigenvalue weighted by Gasteiger charge is -2.34. The number of carboxylic acids is 1. The maximum atomic E-state index is 12.2. The molecule has 2 fully saturated rings. The molecule has 0 radical (unpaired) electrons. The van der Waals surface area contributed by atoms with Gasteiger partial charge in [-0.3, -0.25) is 9.59 Å². The van der Waals surface area contributed by atoms with E-state index in [1.54, 1.807) is 6.92 Å². The van der Waals surface area contributed by atoms with Crippen molar-refractivity contribution in [2.24, 2.45) is 11.3 Å². The van der Waals surface area contributed by atoms with E-state index >= 15 is 0 Å². The van der Waals surface area contributed by atoms with Crippen molar-refractivity contribution in [3.05, 3.63) is 46.6 Å². The minimum absolute atomic E-state index is 0.0255. The monoisotopic (exact) mass is 406 g/mol. The van der Waals surface area contributed by atoms with Gasteiger partial charge >= 0.3 is 5.97 Å². The third-order valence-electron chi connectivity index (χ3n) is 6.37. The van der Waals surface area contributed by atoms with E-state index in [1.165, 1.54) is 6.20 Å². The minimum atomic E-state index is -0.652. The Labute approximate surface area is 172 Å². The van der Waals surface area contributed by atoms with Gasteiger partial charge in [0, 0.05) is 24.5 Å². The van der Waals surface area contributed by atoms with Gasteiger partial charge in [-0.05, 0) is 55.9 Å². The maximum absolute atomic E-state index is 12.2. The summed E-state index contributed by atoms with van der Waals surface area (Å²) in [7, 11) is 0. The Morgan fingerprint density at radius 2 is 1.97 bits per heavy atom. The van der Waals surface area contributed by atoms with Crippen LogP contribution in [0.1, 0.15) is 25.1 Å². The highest BCUT2D eigenvalue weighted by atomic mass is 16.4. The Kier molecular flexibility index (Phi) is 4.19. The summed E-state index contributed by atoms with van der Waals surface area (Å²) >= 11 is 0. The van der Waals surface area contributed by atoms with Gasteiger partial charge in [0.25, 0.3) is 5.56 Å². The first-order valence-electron chi connectivity index (χ1n) is 10.0. The second-order valence-electron chi connectivity index (χ2n) is 8.20. The number of hydrogen-bond donors (Lipinski definition) is 3. The van der Waals surface area contributed by atoms with E-state index < -0.39 is 5.97 Å². The molecule has 0 bridgehead atoms. The van der Waals surface area contributed by atoms with Crippen molar-refractivity contribution in [1.82, 2.24) is 20.2 Å². The molecule has 0 amide bonds. The van der Waals surface area contributed by atoms with E-state index in [1.807, 2.05) is 24.3 Å². The smallest absolute Gasteiger partial charge is 0.307 e. The van der Waals surface area contributed by atoms with Gasteiger partial charge in [-0.2, -0.15) is 5.10 Å². The van der Waals surface area contributed by atoms with E-state index in [0.717, 1.165) is 43.7 Å². The molecule has 9 heteroatoms. The molecule has 1 atom stereocenters. The summed E-state index contributed by atoms with van der Waals surface area (Å²) in [6.07, 6.45) is 4.18. The predicted molar refractivity (Wildman–Crippen MR) is 112 cm³/mol. The number of aliphatic carboxylic acids is 1. The molecule has 1 aromatic carbocycles. The quantitative estimate of drug-likeness (QED) is 0.604. The number of H-pyrrole nitrogens is 1. The van der Waals surface area contributed by atoms with Crippen LogP contribution in [-0.2, 0) is 4.79 Å². The molecular formula is C21H22N6O3. The third kappa shape index (κ3) is 3.16. The molecule has 30 heavy (non-hydrogen) atoms. The summed E-state index contributed by atoms with van der Waals surface area (Å²) in [4.78, 5) is 34.4. The van der Waals surface area contributed by atoms with Gasteiger partial charge in [0.15, 0.2) is 0 Å². The van der Waals surface area contributed by atoms with Gasteiger partial charge in [-0.15, -0.1) is 0 Å². The topological polar surface area (TPSA) is 124 Å². The zero-order valence-corrected chi connectivity index (χ0v) is 16.6. The summed E-state index contributed by atoms with van der Waals surface area (Å²) in [5.41, 5.74) is 2.10. The number of anilines is 3. The summed E-state index contributed by atoms with van der Waals surface area (Å²) < 4.78 is 0. The number of carboxylic acid groups (broad SMARTS) is 1. The van der Waals surface area contributed by atoms with Crippen molar-refractivity contribution >= 4 is 34.1 Å². The fourth-order valence-electron chi connectivity index (χ4n) is 4.56. The van der Waals surface area contributed by atoms with Gasteiger partial charge in [-0.1, -0.05) is 0 Å². The Hall–Kier alpha value is -3.49. The first-order chi connectivity index (χ1) is 14.4. The average Bonchev–Trinajstić information content (AvgIpc) is 3.43. The first kappa shape index (κ1) is 18.5. The van der Waals surface area contributed by atoms with Crippen molar-refractivity contribution in [2.75, 3.05) is 23.3 Å². The maximum Gasteiger partial charge on any atom is 0.307 e. The summed E-state index contributed by atoms with van der Waals surface area (Å²) in [5.74, 6) is 0.190. The zero-order valence-electron chi connectivity index (χ0n) is 16.6. The Morgan fingerprint density at radius 1 is 1.23 bits per heavy atom. The third-order valence-corrected chi connectivity index (χ3v) is 6.37. The second-order valence-corrected chi connectivity index (χ2v) is 8.20. The summed E-state index contributed by atoms with van der Waals surface area (Å²) in [5, 5.41) is 19.1. The number of aryl methyl sites for hydroxylation is 1. The Balaban J connectivity index is 1.32. The molecule has 154 valence electrons. The number of aromatic nitrogens is 4. The molecule has 1 saturated carbocycles. The second kappa shape index (κ2) is 6.79. The molecule has 1 aliphatic carbocycles. The zero-order chi connectivity index (χ0) is 20.9. The highest BCUT2D eigenvalue weighted by Crippen LogP contribution is 2.59. The van der Waals surface area contributed by atoms with E-state index in [9.17, 15) is 14.7 Å². The standard InChI is InChI=1S/C21H22N6O3/c1-12-23-16-11-22-26-19(28)17(16)18(24-12)25-13-2-4-14(5-3-13)27-8-6-21(7-9-27)10-15(21)20(29)30/h2-5,11,15H,6-10H2,1H3,(H,26,28)(H,29,30)(H,23,24,25). The highest BCUT2D eigenvalue weighted by Gasteiger charge is 2.58. The first-order valence-corrected chi connectivity index (χ1v) is 10.0. The van der Waals surface area contributed by atoms with Crippen LogP contribution in [0.2, 0.25) is 0 Å². The lowest BCUT2D eigenvalue weighted by molar-refractivity contribution is -0.139. The molecule has 3 aromatic rings. The van der Waals surface area contributed by atoms with Crippen molar-refractivity contribution < 1.29 is 9.90 Å². The summed E-state index contributed by atoms with van der Waals surface area (Å²) in [6, 6.07) is 7.97. The Morgan fingerprint density at radius 3 is 2.63 bits per heavy atom. The lowest BCUT2D eigenvalue weighted by Crippen LogP contribution is -2.35. The molecular weight excluding hydrogens is 384 g/mol. The normalized spacial score (nSPS) is 19.8. The predicted octanol–water partition coefficient (Wildman–Crippen LogP) is 2.46. The molecule has 2 aliphatic rings. The number of rotatable bonds is 4. The van der Waals surface area contributed by atoms with Gasteiger partial charge < -0.3 is 15.3 Å². The van der Waals surface area contributed by atoms with Crippen LogP contribution in [0.5, 0.6) is 0 Å². The molecule has 5 rings (SSSR count).